The Balaban J connectivity index is 0.779. The first-order valence-corrected chi connectivity index (χ1v) is 23.4. The Morgan fingerprint density at radius 1 is 0.609 bits per heavy atom. The zero-order chi connectivity index (χ0) is 44.8. The summed E-state index contributed by atoms with van der Waals surface area (Å²) >= 11 is 0. The van der Waals surface area contributed by atoms with Crippen LogP contribution in [0.4, 0.5) is 11.4 Å². The minimum Gasteiger partial charge on any atom is -0.481 e. The number of carboxylic acids is 2. The lowest BCUT2D eigenvalue weighted by Crippen LogP contribution is -2.34. The van der Waals surface area contributed by atoms with Gasteiger partial charge in [-0.25, -0.2) is 9.97 Å². The Bertz CT molecular complexity index is 2400. The van der Waals surface area contributed by atoms with Crippen LogP contribution in [0, 0.1) is 35.5 Å². The van der Waals surface area contributed by atoms with Crippen molar-refractivity contribution < 1.29 is 29.4 Å². The predicted octanol–water partition coefficient (Wildman–Crippen LogP) is 7.51. The highest BCUT2D eigenvalue weighted by Gasteiger charge is 2.59. The first-order valence-electron chi connectivity index (χ1n) is 23.4. The molecule has 10 rings (SSSR count). The van der Waals surface area contributed by atoms with Crippen molar-refractivity contribution in [1.82, 2.24) is 28.9 Å². The van der Waals surface area contributed by atoms with E-state index in [2.05, 4.69) is 20.4 Å². The number of hydrogen-bond acceptors (Lipinski definition) is 8. The molecular weight excluding hydrogens is 809 g/mol. The zero-order valence-electron chi connectivity index (χ0n) is 37.8. The summed E-state index contributed by atoms with van der Waals surface area (Å²) in [6.07, 6.45) is 12.5. The quantitative estimate of drug-likeness (QED) is 0.105. The smallest absolute Gasteiger partial charge is 0.309 e. The van der Waals surface area contributed by atoms with Crippen LogP contribution < -0.4 is 10.6 Å². The first-order chi connectivity index (χ1) is 30.6. The molecule has 0 atom stereocenters. The molecule has 4 aromatic rings. The van der Waals surface area contributed by atoms with Crippen molar-refractivity contribution in [3.63, 3.8) is 0 Å². The van der Waals surface area contributed by atoms with Gasteiger partial charge in [-0.15, -0.1) is 0 Å². The number of rotatable bonds is 13. The van der Waals surface area contributed by atoms with E-state index in [-0.39, 0.29) is 22.6 Å². The molecule has 2 aromatic heterocycles. The molecule has 0 spiro atoms. The molecule has 2 aromatic carbocycles. The van der Waals surface area contributed by atoms with Crippen LogP contribution in [0.2, 0.25) is 0 Å². The number of hydrogen-bond donors (Lipinski definition) is 4. The average molecular weight is 871 g/mol. The molecule has 4 fully saturated rings. The van der Waals surface area contributed by atoms with E-state index in [0.717, 1.165) is 161 Å². The van der Waals surface area contributed by atoms with Crippen LogP contribution in [0.1, 0.15) is 132 Å². The van der Waals surface area contributed by atoms with Gasteiger partial charge in [-0.05, 0) is 149 Å². The second kappa shape index (κ2) is 15.7. The Morgan fingerprint density at radius 2 is 1.00 bits per heavy atom. The molecule has 4 aliphatic carbocycles. The van der Waals surface area contributed by atoms with Crippen LogP contribution >= 0.6 is 0 Å². The molecule has 6 aliphatic rings. The van der Waals surface area contributed by atoms with Gasteiger partial charge in [0.15, 0.2) is 11.6 Å². The number of imidazole rings is 2. The Labute approximate surface area is 374 Å². The number of aromatic nitrogens is 4. The number of amides is 2. The molecule has 14 heteroatoms. The second-order valence-electron chi connectivity index (χ2n) is 20.7. The first kappa shape index (κ1) is 42.6. The largest absolute Gasteiger partial charge is 0.481 e. The Morgan fingerprint density at radius 3 is 1.36 bits per heavy atom. The van der Waals surface area contributed by atoms with Crippen molar-refractivity contribution in [3.05, 3.63) is 81.9 Å². The summed E-state index contributed by atoms with van der Waals surface area (Å²) in [4.78, 5) is 66.4. The molecule has 14 nitrogen and oxygen atoms in total. The maximum Gasteiger partial charge on any atom is 0.309 e. The third-order valence-electron chi connectivity index (χ3n) is 17.3. The van der Waals surface area contributed by atoms with Crippen molar-refractivity contribution in [1.29, 1.82) is 0 Å². The summed E-state index contributed by atoms with van der Waals surface area (Å²) < 4.78 is 3.86. The van der Waals surface area contributed by atoms with Gasteiger partial charge in [0.1, 0.15) is 0 Å². The number of carbonyl (C=O) groups excluding carboxylic acids is 2. The monoisotopic (exact) mass is 870 g/mol. The normalized spacial score (nSPS) is 27.1. The molecule has 2 amide bonds. The molecule has 0 radical (unpaired) electrons. The number of nitrogens with one attached hydrogen (secondary N) is 2. The fourth-order valence-corrected chi connectivity index (χ4v) is 13.1. The molecule has 338 valence electrons. The van der Waals surface area contributed by atoms with Crippen LogP contribution in [-0.4, -0.2) is 89.0 Å². The minimum atomic E-state index is -0.619. The van der Waals surface area contributed by atoms with Gasteiger partial charge in [0, 0.05) is 75.9 Å². The fraction of sp³-hybridized carbons (Fsp3) is 0.560. The lowest BCUT2D eigenvalue weighted by atomic mass is 9.80. The van der Waals surface area contributed by atoms with Crippen LogP contribution in [0.3, 0.4) is 0 Å². The predicted molar refractivity (Wildman–Crippen MR) is 242 cm³/mol. The Hall–Kier alpha value is -5.34. The molecule has 0 saturated heterocycles. The summed E-state index contributed by atoms with van der Waals surface area (Å²) in [5.74, 6) is -1.01. The third kappa shape index (κ3) is 7.15. The molecule has 4 N–H and O–H groups in total. The van der Waals surface area contributed by atoms with Crippen LogP contribution in [0.15, 0.2) is 36.4 Å². The number of nitrogens with zero attached hydrogens (tertiary/aromatic N) is 6. The van der Waals surface area contributed by atoms with Gasteiger partial charge in [0.25, 0.3) is 11.8 Å². The van der Waals surface area contributed by atoms with Gasteiger partial charge in [0.05, 0.1) is 22.2 Å². The molecule has 4 heterocycles. The van der Waals surface area contributed by atoms with Gasteiger partial charge in [-0.2, -0.15) is 0 Å². The number of carboxylic acid groups (broad SMARTS) is 2. The number of carbonyl (C=O) groups is 4. The molecule has 64 heavy (non-hydrogen) atoms. The van der Waals surface area contributed by atoms with Gasteiger partial charge < -0.3 is 30.0 Å². The molecule has 4 bridgehead atoms. The van der Waals surface area contributed by atoms with Crippen LogP contribution in [-0.2, 0) is 49.6 Å². The second-order valence-corrected chi connectivity index (χ2v) is 20.7. The summed E-state index contributed by atoms with van der Waals surface area (Å²) in [6.45, 7) is 8.95. The van der Waals surface area contributed by atoms with Crippen molar-refractivity contribution >= 4 is 35.1 Å². The molecule has 2 aliphatic heterocycles. The minimum absolute atomic E-state index is 0.144. The standard InChI is InChI=1S/C50H62N8O6/c1-31-33(7-5-9-35(31)53-43(59)41-51-37-27-57(23-11-39(37)55(41)3)25-21-47-13-17-49(29-47,18-14-47)45(61)62)34-8-6-10-36(32(34)2)54-44(60)42-52-38-28-58(24-12-40(38)56(42)4)26-22-48-15-19-50(30-48,20-16-48)46(63)64/h5-10H,11-30H2,1-4H3,(H,53,59)(H,54,60)(H,61,62)(H,63,64). The summed E-state index contributed by atoms with van der Waals surface area (Å²) in [7, 11) is 3.83. The van der Waals surface area contributed by atoms with Crippen LogP contribution in [0.5, 0.6) is 0 Å². The zero-order valence-corrected chi connectivity index (χ0v) is 37.8. The highest BCUT2D eigenvalue weighted by Crippen LogP contribution is 2.64. The number of fused-ring (bicyclic) bond motifs is 6. The van der Waals surface area contributed by atoms with E-state index < -0.39 is 22.8 Å². The lowest BCUT2D eigenvalue weighted by Gasteiger charge is -2.32. The third-order valence-corrected chi connectivity index (χ3v) is 17.3. The molecule has 0 unspecified atom stereocenters. The summed E-state index contributed by atoms with van der Waals surface area (Å²) in [5.41, 5.74) is 8.39. The Kier molecular flexibility index (Phi) is 10.4. The van der Waals surface area contributed by atoms with E-state index in [0.29, 0.717) is 36.1 Å². The SMILES string of the molecule is Cc1c(NC(=O)c2nc3c(n2C)CCN(CCC24CCC(C(=O)O)(CC2)C4)C3)cccc1-c1cccc(NC(=O)c2nc3c(n2C)CCN(CCC24CCC(C(=O)O)(CC2)C4)C3)c1C. The van der Waals surface area contributed by atoms with Crippen molar-refractivity contribution in [2.75, 3.05) is 36.8 Å². The van der Waals surface area contributed by atoms with Gasteiger partial charge in [-0.3, -0.25) is 29.0 Å². The van der Waals surface area contributed by atoms with Crippen molar-refractivity contribution in [2.45, 2.75) is 117 Å². The highest BCUT2D eigenvalue weighted by molar-refractivity contribution is 6.04. The van der Waals surface area contributed by atoms with Gasteiger partial charge in [-0.1, -0.05) is 24.3 Å². The fourth-order valence-electron chi connectivity index (χ4n) is 13.1. The van der Waals surface area contributed by atoms with E-state index in [1.165, 1.54) is 0 Å². The summed E-state index contributed by atoms with van der Waals surface area (Å²) in [6, 6.07) is 11.7. The van der Waals surface area contributed by atoms with E-state index >= 15 is 0 Å². The highest BCUT2D eigenvalue weighted by atomic mass is 16.4. The average Bonchev–Trinajstić information content (AvgIpc) is 4.15. The van der Waals surface area contributed by atoms with Crippen molar-refractivity contribution in [3.8, 4) is 11.1 Å². The number of aliphatic carboxylic acids is 2. The number of anilines is 2. The van der Waals surface area contributed by atoms with Crippen LogP contribution in [0.25, 0.3) is 11.1 Å². The maximum atomic E-state index is 13.9. The number of benzene rings is 2. The van der Waals surface area contributed by atoms with Crippen molar-refractivity contribution in [2.24, 2.45) is 35.8 Å². The molecular formula is C50H62N8O6. The lowest BCUT2D eigenvalue weighted by molar-refractivity contribution is -0.149. The van der Waals surface area contributed by atoms with E-state index in [4.69, 9.17) is 9.97 Å². The maximum absolute atomic E-state index is 13.9. The van der Waals surface area contributed by atoms with E-state index in [9.17, 15) is 29.4 Å². The molecule has 4 saturated carbocycles. The summed E-state index contributed by atoms with van der Waals surface area (Å²) in [5, 5.41) is 26.0. The topological polar surface area (TPSA) is 175 Å². The van der Waals surface area contributed by atoms with E-state index in [1.54, 1.807) is 0 Å². The van der Waals surface area contributed by atoms with Gasteiger partial charge in [0.2, 0.25) is 0 Å². The van der Waals surface area contributed by atoms with E-state index in [1.807, 2.05) is 73.5 Å². The van der Waals surface area contributed by atoms with Gasteiger partial charge >= 0.3 is 11.9 Å².